The van der Waals surface area contributed by atoms with E-state index in [0.717, 1.165) is 18.6 Å². The molecule has 0 aliphatic heterocycles. The van der Waals surface area contributed by atoms with Crippen molar-refractivity contribution in [1.82, 2.24) is 10.2 Å². The second kappa shape index (κ2) is 7.15. The average Bonchev–Trinajstić information content (AvgIpc) is 3.12. The minimum Gasteiger partial charge on any atom is -0.481 e. The number of nitrogens with one attached hydrogen (secondary N) is 1. The van der Waals surface area contributed by atoms with Gasteiger partial charge in [0.05, 0.1) is 12.8 Å². The van der Waals surface area contributed by atoms with Crippen molar-refractivity contribution in [1.29, 1.82) is 0 Å². The van der Waals surface area contributed by atoms with Crippen molar-refractivity contribution in [2.75, 3.05) is 0 Å². The van der Waals surface area contributed by atoms with Crippen LogP contribution in [0.2, 0.25) is 0 Å². The molecular weight excluding hydrogens is 272 g/mol. The molecule has 1 saturated carbocycles. The van der Waals surface area contributed by atoms with Gasteiger partial charge in [-0.3, -0.25) is 4.79 Å². The summed E-state index contributed by atoms with van der Waals surface area (Å²) in [7, 11) is 0. The molecule has 0 aromatic carbocycles. The van der Waals surface area contributed by atoms with E-state index in [1.807, 2.05) is 19.1 Å². The highest BCUT2D eigenvalue weighted by molar-refractivity contribution is 5.75. The molecule has 6 nitrogen and oxygen atoms in total. The number of amides is 2. The Morgan fingerprint density at radius 2 is 2.29 bits per heavy atom. The summed E-state index contributed by atoms with van der Waals surface area (Å²) < 4.78 is 5.30. The van der Waals surface area contributed by atoms with E-state index in [1.165, 1.54) is 0 Å². The zero-order chi connectivity index (χ0) is 15.2. The first-order chi connectivity index (χ1) is 10.1. The van der Waals surface area contributed by atoms with Crippen molar-refractivity contribution in [3.8, 4) is 0 Å². The number of nitrogens with zero attached hydrogens (tertiary/aromatic N) is 1. The SMILES string of the molecule is CC(CCCC(=O)O)NC(=O)N(Cc1ccco1)C1CC1. The van der Waals surface area contributed by atoms with Crippen LogP contribution in [0.3, 0.4) is 0 Å². The van der Waals surface area contributed by atoms with Crippen LogP contribution in [0.1, 0.15) is 44.8 Å². The Hall–Kier alpha value is -1.98. The lowest BCUT2D eigenvalue weighted by atomic mass is 10.1. The van der Waals surface area contributed by atoms with Crippen LogP contribution >= 0.6 is 0 Å². The van der Waals surface area contributed by atoms with Gasteiger partial charge in [0, 0.05) is 18.5 Å². The highest BCUT2D eigenvalue weighted by Gasteiger charge is 2.33. The molecule has 1 aromatic heterocycles. The molecule has 1 heterocycles. The van der Waals surface area contributed by atoms with Gasteiger partial charge in [0.15, 0.2) is 0 Å². The van der Waals surface area contributed by atoms with Crippen LogP contribution in [-0.4, -0.2) is 34.1 Å². The maximum Gasteiger partial charge on any atom is 0.318 e. The van der Waals surface area contributed by atoms with Crippen molar-refractivity contribution < 1.29 is 19.1 Å². The Morgan fingerprint density at radius 3 is 2.86 bits per heavy atom. The molecule has 1 atom stereocenters. The van der Waals surface area contributed by atoms with Gasteiger partial charge in [0.25, 0.3) is 0 Å². The van der Waals surface area contributed by atoms with Crippen LogP contribution in [0.5, 0.6) is 0 Å². The fraction of sp³-hybridized carbons (Fsp3) is 0.600. The molecule has 0 bridgehead atoms. The molecule has 1 aliphatic rings. The molecule has 116 valence electrons. The van der Waals surface area contributed by atoms with Crippen LogP contribution in [0, 0.1) is 0 Å². The molecule has 2 amide bonds. The maximum atomic E-state index is 12.3. The summed E-state index contributed by atoms with van der Waals surface area (Å²) in [5.74, 6) is -0.0264. The third-order valence-electron chi connectivity index (χ3n) is 3.55. The van der Waals surface area contributed by atoms with E-state index in [4.69, 9.17) is 9.52 Å². The summed E-state index contributed by atoms with van der Waals surface area (Å²) in [4.78, 5) is 24.6. The maximum absolute atomic E-state index is 12.3. The number of carboxylic acids is 1. The molecule has 0 radical (unpaired) electrons. The van der Waals surface area contributed by atoms with Crippen molar-refractivity contribution in [2.45, 2.75) is 57.7 Å². The number of carbonyl (C=O) groups excluding carboxylic acids is 1. The molecule has 1 fully saturated rings. The molecule has 1 unspecified atom stereocenters. The predicted molar refractivity (Wildman–Crippen MR) is 76.8 cm³/mol. The lowest BCUT2D eigenvalue weighted by Crippen LogP contribution is -2.44. The van der Waals surface area contributed by atoms with E-state index in [1.54, 1.807) is 11.2 Å². The Labute approximate surface area is 124 Å². The zero-order valence-electron chi connectivity index (χ0n) is 12.2. The highest BCUT2D eigenvalue weighted by Crippen LogP contribution is 2.28. The third kappa shape index (κ3) is 5.13. The molecular formula is C15H22N2O4. The minimum absolute atomic E-state index is 0.0327. The number of urea groups is 1. The van der Waals surface area contributed by atoms with Gasteiger partial charge in [-0.05, 0) is 44.7 Å². The van der Waals surface area contributed by atoms with Gasteiger partial charge in [-0.1, -0.05) is 0 Å². The summed E-state index contributed by atoms with van der Waals surface area (Å²) in [6.45, 7) is 2.38. The summed E-state index contributed by atoms with van der Waals surface area (Å²) in [5.41, 5.74) is 0. The minimum atomic E-state index is -0.800. The van der Waals surface area contributed by atoms with E-state index in [0.29, 0.717) is 25.4 Å². The third-order valence-corrected chi connectivity index (χ3v) is 3.55. The Balaban J connectivity index is 1.80. The van der Waals surface area contributed by atoms with Gasteiger partial charge < -0.3 is 19.7 Å². The fourth-order valence-electron chi connectivity index (χ4n) is 2.25. The normalized spacial score (nSPS) is 15.5. The van der Waals surface area contributed by atoms with Crippen LogP contribution in [0.25, 0.3) is 0 Å². The summed E-state index contributed by atoms with van der Waals surface area (Å²) >= 11 is 0. The van der Waals surface area contributed by atoms with Gasteiger partial charge in [-0.15, -0.1) is 0 Å². The quantitative estimate of drug-likeness (QED) is 0.772. The number of carbonyl (C=O) groups is 2. The molecule has 2 N–H and O–H groups in total. The van der Waals surface area contributed by atoms with Gasteiger partial charge >= 0.3 is 12.0 Å². The van der Waals surface area contributed by atoms with E-state index in [-0.39, 0.29) is 18.5 Å². The van der Waals surface area contributed by atoms with E-state index in [2.05, 4.69) is 5.32 Å². The first-order valence-corrected chi connectivity index (χ1v) is 7.37. The predicted octanol–water partition coefficient (Wildman–Crippen LogP) is 2.60. The molecule has 6 heteroatoms. The van der Waals surface area contributed by atoms with Crippen LogP contribution in [-0.2, 0) is 11.3 Å². The van der Waals surface area contributed by atoms with Crippen LogP contribution in [0.4, 0.5) is 4.79 Å². The Bertz CT molecular complexity index is 468. The first kappa shape index (κ1) is 15.4. The highest BCUT2D eigenvalue weighted by atomic mass is 16.4. The largest absolute Gasteiger partial charge is 0.481 e. The number of carboxylic acid groups (broad SMARTS) is 1. The Morgan fingerprint density at radius 1 is 1.52 bits per heavy atom. The second-order valence-electron chi connectivity index (χ2n) is 5.57. The number of furan rings is 1. The second-order valence-corrected chi connectivity index (χ2v) is 5.57. The van der Waals surface area contributed by atoms with E-state index >= 15 is 0 Å². The molecule has 1 aliphatic carbocycles. The molecule has 1 aromatic rings. The topological polar surface area (TPSA) is 82.8 Å². The van der Waals surface area contributed by atoms with Gasteiger partial charge in [-0.25, -0.2) is 4.79 Å². The first-order valence-electron chi connectivity index (χ1n) is 7.37. The average molecular weight is 294 g/mol. The van der Waals surface area contributed by atoms with Gasteiger partial charge in [0.1, 0.15) is 5.76 Å². The molecule has 21 heavy (non-hydrogen) atoms. The fourth-order valence-corrected chi connectivity index (χ4v) is 2.25. The number of aliphatic carboxylic acids is 1. The van der Waals surface area contributed by atoms with Crippen molar-refractivity contribution in [2.24, 2.45) is 0 Å². The number of rotatable bonds is 8. The van der Waals surface area contributed by atoms with Crippen molar-refractivity contribution >= 4 is 12.0 Å². The molecule has 0 spiro atoms. The van der Waals surface area contributed by atoms with E-state index in [9.17, 15) is 9.59 Å². The molecule has 2 rings (SSSR count). The van der Waals surface area contributed by atoms with Crippen molar-refractivity contribution in [3.63, 3.8) is 0 Å². The summed E-state index contributed by atoms with van der Waals surface area (Å²) in [6.07, 6.45) is 5.03. The lowest BCUT2D eigenvalue weighted by molar-refractivity contribution is -0.137. The van der Waals surface area contributed by atoms with Crippen molar-refractivity contribution in [3.05, 3.63) is 24.2 Å². The molecule has 0 saturated heterocycles. The summed E-state index contributed by atoms with van der Waals surface area (Å²) in [5, 5.41) is 11.6. The van der Waals surface area contributed by atoms with Gasteiger partial charge in [-0.2, -0.15) is 0 Å². The van der Waals surface area contributed by atoms with E-state index < -0.39 is 5.97 Å². The standard InChI is InChI=1S/C15H22N2O4/c1-11(4-2-6-14(18)19)16-15(20)17(12-7-8-12)10-13-5-3-9-21-13/h3,5,9,11-12H,2,4,6-8,10H2,1H3,(H,16,20)(H,18,19). The van der Waals surface area contributed by atoms with Gasteiger partial charge in [0.2, 0.25) is 0 Å². The number of hydrogen-bond donors (Lipinski definition) is 2. The smallest absolute Gasteiger partial charge is 0.318 e. The zero-order valence-corrected chi connectivity index (χ0v) is 12.2. The monoisotopic (exact) mass is 294 g/mol. The van der Waals surface area contributed by atoms with Crippen LogP contribution < -0.4 is 5.32 Å². The Kier molecular flexibility index (Phi) is 5.25. The lowest BCUT2D eigenvalue weighted by Gasteiger charge is -2.24. The van der Waals surface area contributed by atoms with Crippen LogP contribution in [0.15, 0.2) is 22.8 Å². The number of hydrogen-bond acceptors (Lipinski definition) is 3. The summed E-state index contributed by atoms with van der Waals surface area (Å²) in [6, 6.07) is 3.83.